The predicted molar refractivity (Wildman–Crippen MR) is 76.9 cm³/mol. The third kappa shape index (κ3) is 3.48. The summed E-state index contributed by atoms with van der Waals surface area (Å²) in [5, 5.41) is 0. The van der Waals surface area contributed by atoms with Crippen molar-refractivity contribution in [2.75, 3.05) is 20.7 Å². The van der Waals surface area contributed by atoms with Gasteiger partial charge in [-0.25, -0.2) is 4.39 Å². The van der Waals surface area contributed by atoms with E-state index >= 15 is 0 Å². The molecule has 0 aromatic heterocycles. The summed E-state index contributed by atoms with van der Waals surface area (Å²) >= 11 is 0. The largest absolute Gasteiger partial charge is 0.494 e. The van der Waals surface area contributed by atoms with Gasteiger partial charge < -0.3 is 15.4 Å². The maximum absolute atomic E-state index is 13.6. The number of methoxy groups -OCH3 is 1. The van der Waals surface area contributed by atoms with Gasteiger partial charge in [0.25, 0.3) is 0 Å². The SMILES string of the molecule is CCC(C)(CN)C(=O)N(C)Cc1ccc(OC)c(F)c1. The summed E-state index contributed by atoms with van der Waals surface area (Å²) in [6, 6.07) is 4.69. The normalized spacial score (nSPS) is 13.7. The number of benzene rings is 1. The Kier molecular flexibility index (Phi) is 5.51. The average molecular weight is 282 g/mol. The second-order valence-corrected chi connectivity index (χ2v) is 5.25. The van der Waals surface area contributed by atoms with Gasteiger partial charge in [-0.2, -0.15) is 0 Å². The molecule has 1 aromatic rings. The van der Waals surface area contributed by atoms with E-state index in [2.05, 4.69) is 0 Å². The van der Waals surface area contributed by atoms with Gasteiger partial charge >= 0.3 is 0 Å². The fourth-order valence-corrected chi connectivity index (χ4v) is 2.00. The second kappa shape index (κ2) is 6.70. The van der Waals surface area contributed by atoms with Gasteiger partial charge in [0.1, 0.15) is 0 Å². The first-order valence-corrected chi connectivity index (χ1v) is 6.66. The van der Waals surface area contributed by atoms with Gasteiger partial charge in [0.2, 0.25) is 5.91 Å². The van der Waals surface area contributed by atoms with Crippen LogP contribution in [0.3, 0.4) is 0 Å². The zero-order chi connectivity index (χ0) is 15.3. The molecule has 1 rings (SSSR count). The molecule has 0 spiro atoms. The maximum atomic E-state index is 13.6. The van der Waals surface area contributed by atoms with Crippen LogP contribution in [-0.4, -0.2) is 31.5 Å². The summed E-state index contributed by atoms with van der Waals surface area (Å²) in [6.07, 6.45) is 0.670. The Hall–Kier alpha value is -1.62. The van der Waals surface area contributed by atoms with Crippen LogP contribution in [0.5, 0.6) is 5.75 Å². The minimum atomic E-state index is -0.570. The van der Waals surface area contributed by atoms with E-state index in [9.17, 15) is 9.18 Å². The number of rotatable bonds is 6. The highest BCUT2D eigenvalue weighted by Gasteiger charge is 2.32. The van der Waals surface area contributed by atoms with Crippen molar-refractivity contribution in [3.05, 3.63) is 29.6 Å². The molecule has 4 nitrogen and oxygen atoms in total. The highest BCUT2D eigenvalue weighted by Crippen LogP contribution is 2.24. The monoisotopic (exact) mass is 282 g/mol. The minimum Gasteiger partial charge on any atom is -0.494 e. The standard InChI is InChI=1S/C15H23FN2O2/c1-5-15(2,10-17)14(19)18(3)9-11-6-7-13(20-4)12(16)8-11/h6-8H,5,9-10,17H2,1-4H3. The Bertz CT molecular complexity index is 473. The van der Waals surface area contributed by atoms with E-state index in [-0.39, 0.29) is 11.7 Å². The van der Waals surface area contributed by atoms with E-state index < -0.39 is 11.2 Å². The minimum absolute atomic E-state index is 0.0290. The summed E-state index contributed by atoms with van der Waals surface area (Å²) in [4.78, 5) is 13.9. The first kappa shape index (κ1) is 16.4. The van der Waals surface area contributed by atoms with Gasteiger partial charge in [0.15, 0.2) is 11.6 Å². The lowest BCUT2D eigenvalue weighted by molar-refractivity contribution is -0.140. The summed E-state index contributed by atoms with van der Waals surface area (Å²) < 4.78 is 18.5. The number of amides is 1. The van der Waals surface area contributed by atoms with Crippen LogP contribution in [0, 0.1) is 11.2 Å². The molecule has 1 amide bonds. The number of hydrogen-bond donors (Lipinski definition) is 1. The Morgan fingerprint density at radius 2 is 2.15 bits per heavy atom. The number of carbonyl (C=O) groups is 1. The topological polar surface area (TPSA) is 55.6 Å². The predicted octanol–water partition coefficient (Wildman–Crippen LogP) is 2.17. The molecule has 1 atom stereocenters. The van der Waals surface area contributed by atoms with Crippen molar-refractivity contribution in [2.24, 2.45) is 11.1 Å². The van der Waals surface area contributed by atoms with Crippen LogP contribution in [0.2, 0.25) is 0 Å². The molecule has 0 aliphatic carbocycles. The molecular weight excluding hydrogens is 259 g/mol. The van der Waals surface area contributed by atoms with Crippen molar-refractivity contribution >= 4 is 5.91 Å². The van der Waals surface area contributed by atoms with E-state index in [1.165, 1.54) is 13.2 Å². The molecule has 2 N–H and O–H groups in total. The van der Waals surface area contributed by atoms with Gasteiger partial charge in [0, 0.05) is 20.1 Å². The van der Waals surface area contributed by atoms with Crippen LogP contribution in [0.15, 0.2) is 18.2 Å². The van der Waals surface area contributed by atoms with E-state index in [1.54, 1.807) is 24.1 Å². The Morgan fingerprint density at radius 1 is 1.50 bits per heavy atom. The molecule has 0 fully saturated rings. The molecule has 1 unspecified atom stereocenters. The number of ether oxygens (including phenoxy) is 1. The summed E-state index contributed by atoms with van der Waals surface area (Å²) in [6.45, 7) is 4.42. The third-order valence-corrected chi connectivity index (χ3v) is 3.73. The van der Waals surface area contributed by atoms with Crippen LogP contribution in [0.25, 0.3) is 0 Å². The highest BCUT2D eigenvalue weighted by atomic mass is 19.1. The number of nitrogens with zero attached hydrogens (tertiary/aromatic N) is 1. The molecule has 112 valence electrons. The quantitative estimate of drug-likeness (QED) is 0.870. The lowest BCUT2D eigenvalue weighted by Crippen LogP contribution is -2.44. The lowest BCUT2D eigenvalue weighted by Gasteiger charge is -2.30. The van der Waals surface area contributed by atoms with Crippen molar-refractivity contribution in [1.82, 2.24) is 4.90 Å². The van der Waals surface area contributed by atoms with Gasteiger partial charge in [-0.05, 0) is 31.0 Å². The third-order valence-electron chi connectivity index (χ3n) is 3.73. The molecule has 0 heterocycles. The number of hydrogen-bond acceptors (Lipinski definition) is 3. The maximum Gasteiger partial charge on any atom is 0.229 e. The fourth-order valence-electron chi connectivity index (χ4n) is 2.00. The van der Waals surface area contributed by atoms with Crippen LogP contribution < -0.4 is 10.5 Å². The molecule has 0 radical (unpaired) electrons. The summed E-state index contributed by atoms with van der Waals surface area (Å²) in [5.74, 6) is -0.260. The molecule has 0 bridgehead atoms. The molecule has 0 saturated carbocycles. The highest BCUT2D eigenvalue weighted by molar-refractivity contribution is 5.82. The summed E-state index contributed by atoms with van der Waals surface area (Å²) in [7, 11) is 3.12. The van der Waals surface area contributed by atoms with Crippen molar-refractivity contribution in [3.63, 3.8) is 0 Å². The van der Waals surface area contributed by atoms with E-state index in [0.717, 1.165) is 5.56 Å². The average Bonchev–Trinajstić information content (AvgIpc) is 2.45. The van der Waals surface area contributed by atoms with E-state index in [1.807, 2.05) is 13.8 Å². The molecular formula is C15H23FN2O2. The lowest BCUT2D eigenvalue weighted by atomic mass is 9.86. The van der Waals surface area contributed by atoms with Crippen molar-refractivity contribution in [3.8, 4) is 5.75 Å². The molecule has 0 aliphatic rings. The first-order valence-electron chi connectivity index (χ1n) is 6.66. The van der Waals surface area contributed by atoms with Crippen LogP contribution in [0.4, 0.5) is 4.39 Å². The zero-order valence-corrected chi connectivity index (χ0v) is 12.6. The number of nitrogens with two attached hydrogens (primary N) is 1. The van der Waals surface area contributed by atoms with Crippen LogP contribution in [-0.2, 0) is 11.3 Å². The molecule has 5 heteroatoms. The zero-order valence-electron chi connectivity index (χ0n) is 12.6. The van der Waals surface area contributed by atoms with E-state index in [0.29, 0.717) is 19.5 Å². The van der Waals surface area contributed by atoms with Gasteiger partial charge in [-0.15, -0.1) is 0 Å². The summed E-state index contributed by atoms with van der Waals surface area (Å²) in [5.41, 5.74) is 5.84. The number of carbonyl (C=O) groups excluding carboxylic acids is 1. The van der Waals surface area contributed by atoms with Crippen LogP contribution >= 0.6 is 0 Å². The van der Waals surface area contributed by atoms with Gasteiger partial charge in [-0.1, -0.05) is 13.0 Å². The van der Waals surface area contributed by atoms with Crippen molar-refractivity contribution in [2.45, 2.75) is 26.8 Å². The Balaban J connectivity index is 2.83. The Morgan fingerprint density at radius 3 is 2.60 bits per heavy atom. The second-order valence-electron chi connectivity index (χ2n) is 5.25. The van der Waals surface area contributed by atoms with Crippen LogP contribution in [0.1, 0.15) is 25.8 Å². The molecule has 20 heavy (non-hydrogen) atoms. The van der Waals surface area contributed by atoms with Crippen molar-refractivity contribution < 1.29 is 13.9 Å². The molecule has 0 aliphatic heterocycles. The molecule has 1 aromatic carbocycles. The Labute approximate surface area is 119 Å². The first-order chi connectivity index (χ1) is 9.37. The molecule has 0 saturated heterocycles. The van der Waals surface area contributed by atoms with E-state index in [4.69, 9.17) is 10.5 Å². The number of halogens is 1. The van der Waals surface area contributed by atoms with Gasteiger partial charge in [-0.3, -0.25) is 4.79 Å². The smallest absolute Gasteiger partial charge is 0.229 e. The van der Waals surface area contributed by atoms with Crippen molar-refractivity contribution in [1.29, 1.82) is 0 Å². The van der Waals surface area contributed by atoms with Gasteiger partial charge in [0.05, 0.1) is 12.5 Å². The fraction of sp³-hybridized carbons (Fsp3) is 0.533.